The summed E-state index contributed by atoms with van der Waals surface area (Å²) in [7, 11) is 0. The molecule has 1 amide bonds. The third-order valence-electron chi connectivity index (χ3n) is 3.90. The molecule has 1 saturated heterocycles. The van der Waals surface area contributed by atoms with Crippen molar-refractivity contribution in [3.63, 3.8) is 0 Å². The summed E-state index contributed by atoms with van der Waals surface area (Å²) in [6.07, 6.45) is 3.31. The first-order valence-electron chi connectivity index (χ1n) is 8.22. The lowest BCUT2D eigenvalue weighted by molar-refractivity contribution is 0.0225. The number of carbonyl (C=O) groups is 1. The van der Waals surface area contributed by atoms with Crippen molar-refractivity contribution in [1.82, 2.24) is 10.2 Å². The van der Waals surface area contributed by atoms with Crippen LogP contribution in [0.2, 0.25) is 0 Å². The summed E-state index contributed by atoms with van der Waals surface area (Å²) in [5, 5.41) is 12.2. The second-order valence-corrected chi connectivity index (χ2v) is 7.92. The fourth-order valence-corrected chi connectivity index (χ4v) is 2.67. The molecule has 5 heteroatoms. The monoisotopic (exact) mass is 309 g/mol. The highest BCUT2D eigenvalue weighted by Crippen LogP contribution is 2.22. The molecule has 1 rings (SSSR count). The summed E-state index contributed by atoms with van der Waals surface area (Å²) in [6.45, 7) is 12.4. The summed E-state index contributed by atoms with van der Waals surface area (Å²) in [5.74, 6) is 0. The smallest absolute Gasteiger partial charge is 0.410 e. The van der Waals surface area contributed by atoms with E-state index in [1.165, 1.54) is 0 Å². The standard InChI is InChI=1S/C17H31N3O2/c1-16(2,3)22-15(21)20-11-6-8-14(20)12-19-13-17(4,5)9-7-10-18/h14,19H,6-9,11-13H2,1-5H3. The second kappa shape index (κ2) is 7.82. The van der Waals surface area contributed by atoms with Crippen LogP contribution in [-0.2, 0) is 4.74 Å². The fraction of sp³-hybridized carbons (Fsp3) is 0.882. The molecule has 22 heavy (non-hydrogen) atoms. The highest BCUT2D eigenvalue weighted by atomic mass is 16.6. The Morgan fingerprint density at radius 2 is 2.05 bits per heavy atom. The van der Waals surface area contributed by atoms with E-state index in [4.69, 9.17) is 10.00 Å². The molecule has 1 heterocycles. The van der Waals surface area contributed by atoms with Crippen molar-refractivity contribution < 1.29 is 9.53 Å². The minimum Gasteiger partial charge on any atom is -0.444 e. The average molecular weight is 309 g/mol. The predicted octanol–water partition coefficient (Wildman–Crippen LogP) is 3.31. The molecule has 0 aromatic carbocycles. The highest BCUT2D eigenvalue weighted by Gasteiger charge is 2.32. The number of nitrogens with zero attached hydrogens (tertiary/aromatic N) is 2. The molecule has 0 aromatic rings. The first-order chi connectivity index (χ1) is 10.1. The molecule has 0 aliphatic carbocycles. The number of likely N-dealkylation sites (tertiary alicyclic amines) is 1. The van der Waals surface area contributed by atoms with Gasteiger partial charge in [-0.2, -0.15) is 5.26 Å². The van der Waals surface area contributed by atoms with Gasteiger partial charge in [0.05, 0.1) is 6.07 Å². The van der Waals surface area contributed by atoms with Crippen molar-refractivity contribution in [1.29, 1.82) is 5.26 Å². The summed E-state index contributed by atoms with van der Waals surface area (Å²) < 4.78 is 5.48. The van der Waals surface area contributed by atoms with E-state index in [0.717, 1.165) is 38.9 Å². The van der Waals surface area contributed by atoms with Gasteiger partial charge in [0.1, 0.15) is 5.60 Å². The normalized spacial score (nSPS) is 19.1. The van der Waals surface area contributed by atoms with E-state index in [1.54, 1.807) is 0 Å². The van der Waals surface area contributed by atoms with Crippen LogP contribution in [0.5, 0.6) is 0 Å². The number of amides is 1. The molecule has 0 spiro atoms. The topological polar surface area (TPSA) is 65.4 Å². The molecule has 0 radical (unpaired) electrons. The molecular weight excluding hydrogens is 278 g/mol. The Labute approximate surface area is 135 Å². The second-order valence-electron chi connectivity index (χ2n) is 7.92. The van der Waals surface area contributed by atoms with Gasteiger partial charge in [0, 0.05) is 32.1 Å². The minimum atomic E-state index is -0.447. The number of hydrogen-bond donors (Lipinski definition) is 1. The zero-order valence-corrected chi connectivity index (χ0v) is 14.7. The summed E-state index contributed by atoms with van der Waals surface area (Å²) in [6, 6.07) is 2.41. The van der Waals surface area contributed by atoms with Crippen molar-refractivity contribution in [2.24, 2.45) is 5.41 Å². The molecule has 1 aliphatic heterocycles. The Balaban J connectivity index is 2.41. The fourth-order valence-electron chi connectivity index (χ4n) is 2.67. The van der Waals surface area contributed by atoms with E-state index < -0.39 is 5.60 Å². The molecule has 1 N–H and O–H groups in total. The maximum atomic E-state index is 12.2. The van der Waals surface area contributed by atoms with Gasteiger partial charge < -0.3 is 15.0 Å². The van der Waals surface area contributed by atoms with Crippen molar-refractivity contribution in [3.05, 3.63) is 0 Å². The summed E-state index contributed by atoms with van der Waals surface area (Å²) in [5.41, 5.74) is -0.345. The van der Waals surface area contributed by atoms with Crippen LogP contribution in [0.1, 0.15) is 60.3 Å². The Morgan fingerprint density at radius 3 is 2.64 bits per heavy atom. The Kier molecular flexibility index (Phi) is 6.67. The summed E-state index contributed by atoms with van der Waals surface area (Å²) >= 11 is 0. The lowest BCUT2D eigenvalue weighted by Crippen LogP contribution is -2.45. The van der Waals surface area contributed by atoms with Crippen LogP contribution in [0.15, 0.2) is 0 Å². The summed E-state index contributed by atoms with van der Waals surface area (Å²) in [4.78, 5) is 14.1. The largest absolute Gasteiger partial charge is 0.444 e. The average Bonchev–Trinajstić information content (AvgIpc) is 2.83. The molecule has 1 atom stereocenters. The number of rotatable bonds is 6. The van der Waals surface area contributed by atoms with E-state index >= 15 is 0 Å². The van der Waals surface area contributed by atoms with Crippen LogP contribution < -0.4 is 5.32 Å². The van der Waals surface area contributed by atoms with E-state index in [-0.39, 0.29) is 17.6 Å². The van der Waals surface area contributed by atoms with Crippen LogP contribution in [0.25, 0.3) is 0 Å². The lowest BCUT2D eigenvalue weighted by atomic mass is 9.88. The number of carbonyl (C=O) groups excluding carboxylic acids is 1. The van der Waals surface area contributed by atoms with Gasteiger partial charge in [-0.3, -0.25) is 0 Å². The Morgan fingerprint density at radius 1 is 1.36 bits per heavy atom. The first kappa shape index (κ1) is 18.8. The molecule has 1 aliphatic rings. The van der Waals surface area contributed by atoms with Crippen LogP contribution in [0.4, 0.5) is 4.79 Å². The first-order valence-corrected chi connectivity index (χ1v) is 8.22. The molecule has 126 valence electrons. The van der Waals surface area contributed by atoms with E-state index in [0.29, 0.717) is 6.42 Å². The molecule has 0 saturated carbocycles. The molecule has 0 bridgehead atoms. The number of nitrogens with one attached hydrogen (secondary N) is 1. The van der Waals surface area contributed by atoms with Gasteiger partial charge in [0.25, 0.3) is 0 Å². The van der Waals surface area contributed by atoms with Crippen molar-refractivity contribution in [3.8, 4) is 6.07 Å². The van der Waals surface area contributed by atoms with Crippen LogP contribution >= 0.6 is 0 Å². The molecule has 1 unspecified atom stereocenters. The van der Waals surface area contributed by atoms with Gasteiger partial charge in [-0.25, -0.2) is 4.79 Å². The quantitative estimate of drug-likeness (QED) is 0.817. The van der Waals surface area contributed by atoms with Crippen LogP contribution in [0.3, 0.4) is 0 Å². The van der Waals surface area contributed by atoms with Crippen molar-refractivity contribution in [2.45, 2.75) is 71.9 Å². The molecule has 1 fully saturated rings. The number of ether oxygens (including phenoxy) is 1. The Bertz CT molecular complexity index is 407. The van der Waals surface area contributed by atoms with Crippen molar-refractivity contribution in [2.75, 3.05) is 19.6 Å². The van der Waals surface area contributed by atoms with E-state index in [9.17, 15) is 4.79 Å². The predicted molar refractivity (Wildman–Crippen MR) is 87.5 cm³/mol. The van der Waals surface area contributed by atoms with Gasteiger partial charge >= 0.3 is 6.09 Å². The lowest BCUT2D eigenvalue weighted by Gasteiger charge is -2.30. The maximum absolute atomic E-state index is 12.2. The Hall–Kier alpha value is -1.28. The number of nitriles is 1. The third-order valence-corrected chi connectivity index (χ3v) is 3.90. The van der Waals surface area contributed by atoms with Crippen LogP contribution in [0, 0.1) is 16.7 Å². The van der Waals surface area contributed by atoms with Crippen LogP contribution in [-0.4, -0.2) is 42.3 Å². The van der Waals surface area contributed by atoms with Gasteiger partial charge in [-0.1, -0.05) is 13.8 Å². The van der Waals surface area contributed by atoms with Gasteiger partial charge in [-0.05, 0) is 45.4 Å². The number of hydrogen-bond acceptors (Lipinski definition) is 4. The van der Waals surface area contributed by atoms with E-state index in [2.05, 4.69) is 25.2 Å². The SMILES string of the molecule is CC(C)(CCC#N)CNCC1CCCN1C(=O)OC(C)(C)C. The van der Waals surface area contributed by atoms with E-state index in [1.807, 2.05) is 25.7 Å². The third kappa shape index (κ3) is 6.65. The highest BCUT2D eigenvalue weighted by molar-refractivity contribution is 5.69. The maximum Gasteiger partial charge on any atom is 0.410 e. The molecule has 5 nitrogen and oxygen atoms in total. The zero-order chi connectivity index (χ0) is 16.8. The van der Waals surface area contributed by atoms with Gasteiger partial charge in [-0.15, -0.1) is 0 Å². The zero-order valence-electron chi connectivity index (χ0n) is 14.7. The molecule has 0 aromatic heterocycles. The van der Waals surface area contributed by atoms with Crippen molar-refractivity contribution >= 4 is 6.09 Å². The van der Waals surface area contributed by atoms with Gasteiger partial charge in [0.2, 0.25) is 0 Å². The minimum absolute atomic E-state index is 0.102. The van der Waals surface area contributed by atoms with Gasteiger partial charge in [0.15, 0.2) is 0 Å². The molecular formula is C17H31N3O2.